The lowest BCUT2D eigenvalue weighted by molar-refractivity contribution is -0.137. The van der Waals surface area contributed by atoms with Gasteiger partial charge in [0.2, 0.25) is 5.88 Å². The highest BCUT2D eigenvalue weighted by Crippen LogP contribution is 2.31. The molecular weight excluding hydrogens is 405 g/mol. The third kappa shape index (κ3) is 5.65. The molecule has 0 unspecified atom stereocenters. The van der Waals surface area contributed by atoms with Crippen LogP contribution in [0.3, 0.4) is 0 Å². The van der Waals surface area contributed by atoms with Gasteiger partial charge < -0.3 is 15.4 Å². The first-order chi connectivity index (χ1) is 14.8. The number of benzene rings is 2. The van der Waals surface area contributed by atoms with Gasteiger partial charge in [-0.25, -0.2) is 9.97 Å². The van der Waals surface area contributed by atoms with E-state index in [0.717, 1.165) is 42.9 Å². The number of nitrogens with two attached hydrogens (primary N) is 1. The number of hydrogen-bond acceptors (Lipinski definition) is 5. The molecule has 0 aliphatic heterocycles. The van der Waals surface area contributed by atoms with Crippen LogP contribution in [0.4, 0.5) is 24.5 Å². The van der Waals surface area contributed by atoms with Crippen molar-refractivity contribution < 1.29 is 17.9 Å². The number of nitrogens with zero attached hydrogens (tertiary/aromatic N) is 3. The molecule has 8 heteroatoms. The number of ether oxygens (including phenoxy) is 1. The number of aromatic nitrogens is 2. The van der Waals surface area contributed by atoms with Crippen molar-refractivity contribution in [2.75, 3.05) is 23.7 Å². The average molecular weight is 430 g/mol. The lowest BCUT2D eigenvalue weighted by Crippen LogP contribution is -2.23. The zero-order valence-corrected chi connectivity index (χ0v) is 17.5. The molecule has 0 spiro atoms. The van der Waals surface area contributed by atoms with Crippen LogP contribution in [0.1, 0.15) is 31.4 Å². The van der Waals surface area contributed by atoms with Crippen LogP contribution in [0, 0.1) is 0 Å². The molecule has 2 N–H and O–H groups in total. The maximum atomic E-state index is 12.9. The Bertz CT molecular complexity index is 1020. The van der Waals surface area contributed by atoms with Crippen LogP contribution >= 0.6 is 0 Å². The Morgan fingerprint density at radius 1 is 1.03 bits per heavy atom. The van der Waals surface area contributed by atoms with Crippen molar-refractivity contribution in [3.05, 3.63) is 66.0 Å². The van der Waals surface area contributed by atoms with E-state index < -0.39 is 11.7 Å². The molecule has 1 heterocycles. The van der Waals surface area contributed by atoms with Crippen molar-refractivity contribution in [1.29, 1.82) is 0 Å². The summed E-state index contributed by atoms with van der Waals surface area (Å²) < 4.78 is 44.3. The average Bonchev–Trinajstić information content (AvgIpc) is 2.76. The van der Waals surface area contributed by atoms with Crippen LogP contribution in [0.25, 0.3) is 11.3 Å². The third-order valence-corrected chi connectivity index (χ3v) is 4.84. The van der Waals surface area contributed by atoms with E-state index in [9.17, 15) is 13.2 Å². The van der Waals surface area contributed by atoms with Gasteiger partial charge in [0.25, 0.3) is 0 Å². The van der Waals surface area contributed by atoms with E-state index in [4.69, 9.17) is 10.5 Å². The van der Waals surface area contributed by atoms with Crippen molar-refractivity contribution in [3.63, 3.8) is 0 Å². The predicted molar refractivity (Wildman–Crippen MR) is 116 cm³/mol. The molecule has 164 valence electrons. The smallest absolute Gasteiger partial charge is 0.416 e. The molecule has 0 radical (unpaired) electrons. The summed E-state index contributed by atoms with van der Waals surface area (Å²) in [6.07, 6.45) is -2.02. The van der Waals surface area contributed by atoms with Gasteiger partial charge in [-0.05, 0) is 49.2 Å². The molecule has 0 aliphatic carbocycles. The summed E-state index contributed by atoms with van der Waals surface area (Å²) in [4.78, 5) is 10.6. The van der Waals surface area contributed by atoms with Gasteiger partial charge in [-0.3, -0.25) is 0 Å². The van der Waals surface area contributed by atoms with Crippen LogP contribution in [0.5, 0.6) is 5.88 Å². The molecule has 31 heavy (non-hydrogen) atoms. The van der Waals surface area contributed by atoms with Crippen molar-refractivity contribution >= 4 is 11.4 Å². The predicted octanol–water partition coefficient (Wildman–Crippen LogP) is 5.56. The second kappa shape index (κ2) is 9.68. The SMILES string of the molecule is CCCN(CC)c1ccc(N)c(-c2cc(OCc3cccc(C(F)(F)F)c3)ncn2)c1. The Morgan fingerprint density at radius 3 is 2.55 bits per heavy atom. The van der Waals surface area contributed by atoms with Gasteiger partial charge in [0.05, 0.1) is 11.3 Å². The summed E-state index contributed by atoms with van der Waals surface area (Å²) in [7, 11) is 0. The first-order valence-corrected chi connectivity index (χ1v) is 10.1. The van der Waals surface area contributed by atoms with Crippen LogP contribution in [0.15, 0.2) is 54.9 Å². The zero-order valence-electron chi connectivity index (χ0n) is 17.5. The Kier molecular flexibility index (Phi) is 6.99. The molecule has 0 amide bonds. The highest BCUT2D eigenvalue weighted by molar-refractivity contribution is 5.78. The number of hydrogen-bond donors (Lipinski definition) is 1. The second-order valence-corrected chi connectivity index (χ2v) is 7.08. The van der Waals surface area contributed by atoms with Gasteiger partial charge in [0, 0.05) is 36.1 Å². The molecule has 3 aromatic rings. The quantitative estimate of drug-likeness (QED) is 0.474. The summed E-state index contributed by atoms with van der Waals surface area (Å²) >= 11 is 0. The fourth-order valence-electron chi connectivity index (χ4n) is 3.26. The number of alkyl halides is 3. The van der Waals surface area contributed by atoms with E-state index in [1.54, 1.807) is 12.1 Å². The van der Waals surface area contributed by atoms with Gasteiger partial charge in [0.1, 0.15) is 12.9 Å². The number of rotatable bonds is 8. The first kappa shape index (κ1) is 22.4. The van der Waals surface area contributed by atoms with Crippen molar-refractivity contribution in [2.45, 2.75) is 33.1 Å². The highest BCUT2D eigenvalue weighted by atomic mass is 19.4. The summed E-state index contributed by atoms with van der Waals surface area (Å²) in [5, 5.41) is 0. The number of nitrogen functional groups attached to an aromatic ring is 1. The maximum Gasteiger partial charge on any atom is 0.416 e. The minimum absolute atomic E-state index is 0.0456. The van der Waals surface area contributed by atoms with Crippen molar-refractivity contribution in [3.8, 4) is 17.1 Å². The van der Waals surface area contributed by atoms with Crippen LogP contribution in [0.2, 0.25) is 0 Å². The van der Waals surface area contributed by atoms with Crippen molar-refractivity contribution in [2.24, 2.45) is 0 Å². The molecule has 0 saturated carbocycles. The molecule has 0 aliphatic rings. The summed E-state index contributed by atoms with van der Waals surface area (Å²) in [5.74, 6) is 0.258. The molecular formula is C23H25F3N4O. The van der Waals surface area contributed by atoms with Crippen LogP contribution < -0.4 is 15.4 Å². The number of anilines is 2. The minimum atomic E-state index is -4.40. The third-order valence-electron chi connectivity index (χ3n) is 4.84. The zero-order chi connectivity index (χ0) is 22.4. The summed E-state index contributed by atoms with van der Waals surface area (Å²) in [6.45, 7) is 5.97. The fourth-order valence-corrected chi connectivity index (χ4v) is 3.26. The Morgan fingerprint density at radius 2 is 1.84 bits per heavy atom. The second-order valence-electron chi connectivity index (χ2n) is 7.08. The standard InChI is InChI=1S/C23H25F3N4O/c1-3-10-30(4-2)18-8-9-20(27)19(12-18)21-13-22(29-15-28-21)31-14-16-6-5-7-17(11-16)23(24,25)26/h5-9,11-13,15H,3-4,10,14,27H2,1-2H3. The van der Waals surface area contributed by atoms with Gasteiger partial charge >= 0.3 is 6.18 Å². The Hall–Kier alpha value is -3.29. The van der Waals surface area contributed by atoms with E-state index in [1.807, 2.05) is 18.2 Å². The maximum absolute atomic E-state index is 12.9. The molecule has 0 atom stereocenters. The van der Waals surface area contributed by atoms with Crippen molar-refractivity contribution in [1.82, 2.24) is 9.97 Å². The molecule has 5 nitrogen and oxygen atoms in total. The lowest BCUT2D eigenvalue weighted by atomic mass is 10.1. The molecule has 0 saturated heterocycles. The largest absolute Gasteiger partial charge is 0.473 e. The monoisotopic (exact) mass is 430 g/mol. The topological polar surface area (TPSA) is 64.3 Å². The van der Waals surface area contributed by atoms with E-state index in [-0.39, 0.29) is 12.5 Å². The molecule has 2 aromatic carbocycles. The van der Waals surface area contributed by atoms with E-state index >= 15 is 0 Å². The van der Waals surface area contributed by atoms with E-state index in [2.05, 4.69) is 28.7 Å². The highest BCUT2D eigenvalue weighted by Gasteiger charge is 2.30. The van der Waals surface area contributed by atoms with Crippen LogP contribution in [-0.2, 0) is 12.8 Å². The van der Waals surface area contributed by atoms with E-state index in [0.29, 0.717) is 16.9 Å². The normalized spacial score (nSPS) is 11.4. The van der Waals surface area contributed by atoms with Crippen LogP contribution in [-0.4, -0.2) is 23.1 Å². The van der Waals surface area contributed by atoms with Gasteiger partial charge in [0.15, 0.2) is 0 Å². The Balaban J connectivity index is 1.81. The molecule has 0 fully saturated rings. The summed E-state index contributed by atoms with van der Waals surface area (Å²) in [5.41, 5.74) is 8.81. The van der Waals surface area contributed by atoms with Gasteiger partial charge in [-0.15, -0.1) is 0 Å². The molecule has 1 aromatic heterocycles. The van der Waals surface area contributed by atoms with Gasteiger partial charge in [-0.2, -0.15) is 13.2 Å². The first-order valence-electron chi connectivity index (χ1n) is 10.1. The van der Waals surface area contributed by atoms with E-state index in [1.165, 1.54) is 12.4 Å². The molecule has 0 bridgehead atoms. The Labute approximate surface area is 179 Å². The van der Waals surface area contributed by atoms with Gasteiger partial charge in [-0.1, -0.05) is 19.1 Å². The molecule has 3 rings (SSSR count). The fraction of sp³-hybridized carbons (Fsp3) is 0.304. The minimum Gasteiger partial charge on any atom is -0.473 e. The summed E-state index contributed by atoms with van der Waals surface area (Å²) in [6, 6.07) is 12.5. The number of halogens is 3. The lowest BCUT2D eigenvalue weighted by Gasteiger charge is -2.23.